The summed E-state index contributed by atoms with van der Waals surface area (Å²) in [4.78, 5) is 16.7. The molecule has 1 aromatic heterocycles. The van der Waals surface area contributed by atoms with Gasteiger partial charge in [0.2, 0.25) is 0 Å². The minimum atomic E-state index is -0.171. The first-order chi connectivity index (χ1) is 13.0. The van der Waals surface area contributed by atoms with Gasteiger partial charge in [0, 0.05) is 18.8 Å². The van der Waals surface area contributed by atoms with Gasteiger partial charge in [0.05, 0.1) is 19.1 Å². The van der Waals surface area contributed by atoms with Crippen LogP contribution in [0.3, 0.4) is 0 Å². The second kappa shape index (κ2) is 8.18. The van der Waals surface area contributed by atoms with Gasteiger partial charge in [-0.2, -0.15) is 0 Å². The van der Waals surface area contributed by atoms with E-state index < -0.39 is 0 Å². The van der Waals surface area contributed by atoms with Crippen molar-refractivity contribution in [1.29, 1.82) is 0 Å². The number of carbonyl (C=O) groups excluding carboxylic acids is 1. The highest BCUT2D eigenvalue weighted by Gasteiger charge is 2.15. The van der Waals surface area contributed by atoms with Crippen molar-refractivity contribution in [3.8, 4) is 16.8 Å². The molecule has 3 rings (SSSR count). The van der Waals surface area contributed by atoms with E-state index >= 15 is 0 Å². The molecular formula is C22H25N3O2. The number of carbonyl (C=O) groups is 1. The lowest BCUT2D eigenvalue weighted by Gasteiger charge is -2.14. The van der Waals surface area contributed by atoms with Crippen molar-refractivity contribution < 1.29 is 9.53 Å². The van der Waals surface area contributed by atoms with Gasteiger partial charge >= 0.3 is 0 Å². The molecular weight excluding hydrogens is 338 g/mol. The van der Waals surface area contributed by atoms with Crippen LogP contribution in [0.2, 0.25) is 0 Å². The molecule has 1 heterocycles. The molecule has 1 atom stereocenters. The van der Waals surface area contributed by atoms with Crippen molar-refractivity contribution in [2.75, 3.05) is 13.7 Å². The average Bonchev–Trinajstić information content (AvgIpc) is 3.11. The predicted molar refractivity (Wildman–Crippen MR) is 107 cm³/mol. The molecule has 5 heteroatoms. The number of ether oxygens (including phenoxy) is 1. The first kappa shape index (κ1) is 18.9. The van der Waals surface area contributed by atoms with Crippen LogP contribution < -0.4 is 5.32 Å². The number of aromatic nitrogens is 2. The maximum absolute atomic E-state index is 12.5. The predicted octanol–water partition coefficient (Wildman–Crippen LogP) is 3.92. The third-order valence-corrected chi connectivity index (χ3v) is 4.37. The SMILES string of the molecule is COCC(C)NC(=O)c1cncn1-c1ccc(-c2cc(C)cc(C)c2)cc1. The van der Waals surface area contributed by atoms with Crippen LogP contribution in [-0.4, -0.2) is 35.2 Å². The zero-order chi connectivity index (χ0) is 19.4. The van der Waals surface area contributed by atoms with Crippen molar-refractivity contribution in [2.24, 2.45) is 0 Å². The topological polar surface area (TPSA) is 56.1 Å². The molecule has 0 aliphatic heterocycles. The summed E-state index contributed by atoms with van der Waals surface area (Å²) in [5.74, 6) is -0.171. The zero-order valence-corrected chi connectivity index (χ0v) is 16.2. The van der Waals surface area contributed by atoms with E-state index in [-0.39, 0.29) is 11.9 Å². The number of nitrogens with one attached hydrogen (secondary N) is 1. The molecule has 5 nitrogen and oxygen atoms in total. The Bertz CT molecular complexity index is 909. The van der Waals surface area contributed by atoms with Gasteiger partial charge in [0.25, 0.3) is 5.91 Å². The van der Waals surface area contributed by atoms with E-state index in [0.29, 0.717) is 12.3 Å². The maximum atomic E-state index is 12.5. The van der Waals surface area contributed by atoms with Gasteiger partial charge in [-0.15, -0.1) is 0 Å². The third-order valence-electron chi connectivity index (χ3n) is 4.37. The van der Waals surface area contributed by atoms with Crippen LogP contribution in [0.25, 0.3) is 16.8 Å². The average molecular weight is 363 g/mol. The highest BCUT2D eigenvalue weighted by atomic mass is 16.5. The largest absolute Gasteiger partial charge is 0.383 e. The summed E-state index contributed by atoms with van der Waals surface area (Å²) in [6, 6.07) is 14.6. The molecule has 0 spiro atoms. The summed E-state index contributed by atoms with van der Waals surface area (Å²) >= 11 is 0. The van der Waals surface area contributed by atoms with Crippen molar-refractivity contribution in [3.05, 3.63) is 71.8 Å². The number of methoxy groups -OCH3 is 1. The van der Waals surface area contributed by atoms with E-state index in [0.717, 1.165) is 11.3 Å². The quantitative estimate of drug-likeness (QED) is 0.722. The molecule has 0 aliphatic carbocycles. The van der Waals surface area contributed by atoms with Crippen molar-refractivity contribution in [3.63, 3.8) is 0 Å². The van der Waals surface area contributed by atoms with Crippen LogP contribution in [0.15, 0.2) is 55.0 Å². The fourth-order valence-electron chi connectivity index (χ4n) is 3.21. The number of rotatable bonds is 6. The van der Waals surface area contributed by atoms with Gasteiger partial charge in [-0.05, 0) is 44.0 Å². The lowest BCUT2D eigenvalue weighted by Crippen LogP contribution is -2.36. The molecule has 1 amide bonds. The molecule has 0 bridgehead atoms. The van der Waals surface area contributed by atoms with E-state index in [2.05, 4.69) is 54.5 Å². The Balaban J connectivity index is 1.84. The van der Waals surface area contributed by atoms with E-state index in [1.807, 2.05) is 19.1 Å². The van der Waals surface area contributed by atoms with E-state index in [1.54, 1.807) is 24.2 Å². The fraction of sp³-hybridized carbons (Fsp3) is 0.273. The molecule has 0 fully saturated rings. The molecule has 0 aliphatic rings. The Morgan fingerprint density at radius 3 is 2.41 bits per heavy atom. The maximum Gasteiger partial charge on any atom is 0.270 e. The molecule has 1 N–H and O–H groups in total. The van der Waals surface area contributed by atoms with Crippen molar-refractivity contribution in [1.82, 2.24) is 14.9 Å². The Hall–Kier alpha value is -2.92. The molecule has 0 radical (unpaired) electrons. The smallest absolute Gasteiger partial charge is 0.270 e. The minimum absolute atomic E-state index is 0.0715. The fourth-order valence-corrected chi connectivity index (χ4v) is 3.21. The van der Waals surface area contributed by atoms with E-state index in [1.165, 1.54) is 16.7 Å². The number of hydrogen-bond donors (Lipinski definition) is 1. The van der Waals surface area contributed by atoms with Gasteiger partial charge in [0.1, 0.15) is 5.69 Å². The summed E-state index contributed by atoms with van der Waals surface area (Å²) < 4.78 is 6.86. The summed E-state index contributed by atoms with van der Waals surface area (Å²) in [5.41, 5.74) is 6.21. The van der Waals surface area contributed by atoms with Crippen LogP contribution >= 0.6 is 0 Å². The molecule has 0 saturated heterocycles. The first-order valence-electron chi connectivity index (χ1n) is 8.99. The number of amides is 1. The zero-order valence-electron chi connectivity index (χ0n) is 16.2. The Labute approximate surface area is 160 Å². The van der Waals surface area contributed by atoms with Crippen LogP contribution in [0.1, 0.15) is 28.5 Å². The number of imidazole rings is 1. The van der Waals surface area contributed by atoms with E-state index in [9.17, 15) is 4.79 Å². The summed E-state index contributed by atoms with van der Waals surface area (Å²) in [7, 11) is 1.62. The molecule has 27 heavy (non-hydrogen) atoms. The van der Waals surface area contributed by atoms with Crippen LogP contribution in [0.5, 0.6) is 0 Å². The lowest BCUT2D eigenvalue weighted by atomic mass is 10.0. The van der Waals surface area contributed by atoms with Crippen LogP contribution in [0, 0.1) is 13.8 Å². The van der Waals surface area contributed by atoms with Gasteiger partial charge in [0.15, 0.2) is 0 Å². The van der Waals surface area contributed by atoms with Gasteiger partial charge in [-0.25, -0.2) is 4.98 Å². The molecule has 3 aromatic rings. The van der Waals surface area contributed by atoms with Crippen LogP contribution in [0.4, 0.5) is 0 Å². The normalized spacial score (nSPS) is 12.0. The number of benzene rings is 2. The van der Waals surface area contributed by atoms with Gasteiger partial charge in [-0.3, -0.25) is 9.36 Å². The number of aryl methyl sites for hydroxylation is 2. The summed E-state index contributed by atoms with van der Waals surface area (Å²) in [5, 5.41) is 2.92. The highest BCUT2D eigenvalue weighted by molar-refractivity contribution is 5.93. The molecule has 2 aromatic carbocycles. The minimum Gasteiger partial charge on any atom is -0.383 e. The second-order valence-electron chi connectivity index (χ2n) is 6.90. The van der Waals surface area contributed by atoms with Gasteiger partial charge in [-0.1, -0.05) is 41.5 Å². The Kier molecular flexibility index (Phi) is 5.72. The monoisotopic (exact) mass is 363 g/mol. The number of hydrogen-bond acceptors (Lipinski definition) is 3. The lowest BCUT2D eigenvalue weighted by molar-refractivity contribution is 0.0898. The highest BCUT2D eigenvalue weighted by Crippen LogP contribution is 2.24. The van der Waals surface area contributed by atoms with Crippen molar-refractivity contribution >= 4 is 5.91 Å². The Morgan fingerprint density at radius 1 is 1.11 bits per heavy atom. The molecule has 140 valence electrons. The standard InChI is InChI=1S/C22H25N3O2/c1-15-9-16(2)11-19(10-15)18-5-7-20(8-6-18)25-14-23-12-21(25)22(26)24-17(3)13-27-4/h5-12,14,17H,13H2,1-4H3,(H,24,26). The first-order valence-corrected chi connectivity index (χ1v) is 8.99. The summed E-state index contributed by atoms with van der Waals surface area (Å²) in [6.45, 7) is 6.57. The number of nitrogens with zero attached hydrogens (tertiary/aromatic N) is 2. The van der Waals surface area contributed by atoms with E-state index in [4.69, 9.17) is 4.74 Å². The Morgan fingerprint density at radius 2 is 1.78 bits per heavy atom. The molecule has 0 saturated carbocycles. The third kappa shape index (κ3) is 4.44. The molecule has 1 unspecified atom stereocenters. The van der Waals surface area contributed by atoms with Crippen LogP contribution in [-0.2, 0) is 4.74 Å². The second-order valence-corrected chi connectivity index (χ2v) is 6.90. The van der Waals surface area contributed by atoms with Crippen molar-refractivity contribution in [2.45, 2.75) is 26.8 Å². The van der Waals surface area contributed by atoms with Gasteiger partial charge < -0.3 is 10.1 Å². The summed E-state index contributed by atoms with van der Waals surface area (Å²) in [6.07, 6.45) is 3.23.